The van der Waals surface area contributed by atoms with Crippen LogP contribution in [0.1, 0.15) is 0 Å². The summed E-state index contributed by atoms with van der Waals surface area (Å²) in [5.74, 6) is 5.55. The lowest BCUT2D eigenvalue weighted by molar-refractivity contribution is -0.00187. The lowest BCUT2D eigenvalue weighted by Crippen LogP contribution is -2.32. The van der Waals surface area contributed by atoms with Crippen molar-refractivity contribution in [2.45, 2.75) is 22.8 Å². The summed E-state index contributed by atoms with van der Waals surface area (Å²) in [5, 5.41) is 9.40. The van der Waals surface area contributed by atoms with E-state index in [-0.39, 0.29) is 6.71 Å². The molecular weight excluding hydrogens is 389 g/mol. The fourth-order valence-electron chi connectivity index (χ4n) is 2.58. The van der Waals surface area contributed by atoms with Gasteiger partial charge < -0.3 is 23.7 Å². The molecule has 8 heteroatoms. The fourth-order valence-corrected chi connectivity index (χ4v) is 3.92. The monoisotopic (exact) mass is 417 g/mol. The molecule has 1 heterocycles. The number of ether oxygens (including phenoxy) is 5. The van der Waals surface area contributed by atoms with E-state index in [2.05, 4.69) is 24.0 Å². The summed E-state index contributed by atoms with van der Waals surface area (Å²) in [7, 11) is 0. The summed E-state index contributed by atoms with van der Waals surface area (Å²) < 4.78 is 27.0. The summed E-state index contributed by atoms with van der Waals surface area (Å²) >= 11 is 1.84. The van der Waals surface area contributed by atoms with Crippen LogP contribution in [-0.4, -0.2) is 71.4 Å². The minimum atomic E-state index is 0.249. The van der Waals surface area contributed by atoms with E-state index in [1.165, 1.54) is 4.90 Å². The summed E-state index contributed by atoms with van der Waals surface area (Å²) in [6.07, 6.45) is 7.06. The van der Waals surface area contributed by atoms with Gasteiger partial charge in [0.1, 0.15) is 19.0 Å². The normalized spacial score (nSPS) is 13.5. The number of rotatable bonds is 16. The molecule has 0 unspecified atom stereocenters. The van der Waals surface area contributed by atoms with Gasteiger partial charge in [-0.15, -0.1) is 18.2 Å². The van der Waals surface area contributed by atoms with Crippen LogP contribution in [0.5, 0.6) is 5.75 Å². The van der Waals surface area contributed by atoms with Crippen LogP contribution in [0, 0.1) is 23.6 Å². The highest BCUT2D eigenvalue weighted by atomic mass is 32.2. The highest BCUT2D eigenvalue weighted by Crippen LogP contribution is 2.37. The number of hydrogen-bond donors (Lipinski definition) is 0. The molecule has 6 nitrogen and oxygen atoms in total. The SMILES string of the molecule is C#CCOCCOCCOCCOCCOc1ccc(SC2CB(C#N)C2)cc1. The van der Waals surface area contributed by atoms with Crippen LogP contribution in [-0.2, 0) is 18.9 Å². The number of hydrogen-bond acceptors (Lipinski definition) is 7. The van der Waals surface area contributed by atoms with Gasteiger partial charge in [0.2, 0.25) is 0 Å². The van der Waals surface area contributed by atoms with Gasteiger partial charge in [-0.05, 0) is 42.2 Å². The highest BCUT2D eigenvalue weighted by molar-refractivity contribution is 8.00. The molecule has 1 aromatic rings. The van der Waals surface area contributed by atoms with Gasteiger partial charge in [0.15, 0.2) is 0 Å². The van der Waals surface area contributed by atoms with Crippen molar-refractivity contribution in [1.29, 1.82) is 5.26 Å². The zero-order valence-corrected chi connectivity index (χ0v) is 17.5. The van der Waals surface area contributed by atoms with Crippen molar-refractivity contribution in [3.05, 3.63) is 24.3 Å². The molecule has 1 aliphatic rings. The van der Waals surface area contributed by atoms with Gasteiger partial charge in [-0.1, -0.05) is 5.92 Å². The third-order valence-electron chi connectivity index (χ3n) is 4.20. The first-order valence-corrected chi connectivity index (χ1v) is 10.7. The number of benzene rings is 1. The Kier molecular flexibility index (Phi) is 12.4. The van der Waals surface area contributed by atoms with Crippen molar-refractivity contribution >= 4 is 18.5 Å². The fraction of sp³-hybridized carbons (Fsp3) is 0.571. The molecule has 0 saturated carbocycles. The number of thioether (sulfide) groups is 1. The maximum atomic E-state index is 8.82. The molecule has 0 N–H and O–H groups in total. The summed E-state index contributed by atoms with van der Waals surface area (Å²) in [6, 6.07) is 8.09. The Hall–Kier alpha value is -1.68. The molecule has 0 spiro atoms. The molecule has 0 radical (unpaired) electrons. The quantitative estimate of drug-likeness (QED) is 0.233. The molecule has 2 rings (SSSR count). The smallest absolute Gasteiger partial charge is 0.270 e. The first kappa shape index (κ1) is 23.6. The molecule has 0 aliphatic carbocycles. The maximum absolute atomic E-state index is 8.82. The minimum Gasteiger partial charge on any atom is -0.491 e. The van der Waals surface area contributed by atoms with Crippen molar-refractivity contribution in [3.63, 3.8) is 0 Å². The van der Waals surface area contributed by atoms with E-state index in [0.29, 0.717) is 64.7 Å². The van der Waals surface area contributed by atoms with E-state index in [1.54, 1.807) is 0 Å². The van der Waals surface area contributed by atoms with Gasteiger partial charge in [-0.2, -0.15) is 0 Å². The van der Waals surface area contributed by atoms with E-state index in [9.17, 15) is 0 Å². The van der Waals surface area contributed by atoms with Gasteiger partial charge in [-0.3, -0.25) is 0 Å². The average Bonchev–Trinajstić information content (AvgIpc) is 2.71. The number of nitrogens with zero attached hydrogens (tertiary/aromatic N) is 1. The van der Waals surface area contributed by atoms with E-state index in [0.717, 1.165) is 18.4 Å². The van der Waals surface area contributed by atoms with Crippen LogP contribution in [0.4, 0.5) is 0 Å². The molecule has 156 valence electrons. The summed E-state index contributed by atoms with van der Waals surface area (Å²) in [6.45, 7) is 4.69. The lowest BCUT2D eigenvalue weighted by atomic mass is 9.36. The lowest BCUT2D eigenvalue weighted by Gasteiger charge is -2.27. The summed E-state index contributed by atoms with van der Waals surface area (Å²) in [5.41, 5.74) is 0. The third-order valence-corrected chi connectivity index (χ3v) is 5.46. The van der Waals surface area contributed by atoms with Gasteiger partial charge in [0.25, 0.3) is 6.71 Å². The Balaban J connectivity index is 1.37. The Morgan fingerprint density at radius 2 is 1.45 bits per heavy atom. The van der Waals surface area contributed by atoms with Crippen LogP contribution in [0.25, 0.3) is 0 Å². The van der Waals surface area contributed by atoms with E-state index in [4.69, 9.17) is 35.4 Å². The van der Waals surface area contributed by atoms with Crippen LogP contribution in [0.2, 0.25) is 12.6 Å². The molecule has 0 amide bonds. The molecule has 1 aliphatic heterocycles. The topological polar surface area (TPSA) is 69.9 Å². The summed E-state index contributed by atoms with van der Waals surface area (Å²) in [4.78, 5) is 1.22. The van der Waals surface area contributed by atoms with Crippen molar-refractivity contribution in [3.8, 4) is 24.1 Å². The van der Waals surface area contributed by atoms with Gasteiger partial charge in [0, 0.05) is 10.9 Å². The predicted molar refractivity (Wildman–Crippen MR) is 115 cm³/mol. The standard InChI is InChI=1S/C21H28BNO5S/c1-2-7-24-8-9-25-10-11-26-12-13-27-14-15-28-19-3-5-20(6-4-19)29-21-16-22(17-21)18-23/h1,3-6,21H,7-17H2. The largest absolute Gasteiger partial charge is 0.491 e. The number of terminal acetylenes is 1. The molecule has 0 bridgehead atoms. The van der Waals surface area contributed by atoms with Crippen molar-refractivity contribution < 1.29 is 23.7 Å². The van der Waals surface area contributed by atoms with Gasteiger partial charge in [0.05, 0.1) is 46.2 Å². The van der Waals surface area contributed by atoms with Gasteiger partial charge in [-0.25, -0.2) is 5.26 Å². The van der Waals surface area contributed by atoms with Crippen LogP contribution in [0.3, 0.4) is 0 Å². The van der Waals surface area contributed by atoms with Crippen molar-refractivity contribution in [2.24, 2.45) is 0 Å². The Labute approximate surface area is 178 Å². The first-order chi connectivity index (χ1) is 14.3. The molecule has 29 heavy (non-hydrogen) atoms. The molecular formula is C21H28BNO5S. The third kappa shape index (κ3) is 10.6. The second kappa shape index (κ2) is 15.2. The predicted octanol–water partition coefficient (Wildman–Crippen LogP) is 2.80. The first-order valence-electron chi connectivity index (χ1n) is 9.85. The molecule has 0 aromatic heterocycles. The molecule has 1 aromatic carbocycles. The Morgan fingerprint density at radius 1 is 0.897 bits per heavy atom. The Morgan fingerprint density at radius 3 is 2.00 bits per heavy atom. The van der Waals surface area contributed by atoms with Crippen molar-refractivity contribution in [2.75, 3.05) is 59.5 Å². The zero-order valence-electron chi connectivity index (χ0n) is 16.7. The zero-order chi connectivity index (χ0) is 20.6. The van der Waals surface area contributed by atoms with Crippen molar-refractivity contribution in [1.82, 2.24) is 0 Å². The van der Waals surface area contributed by atoms with Crippen LogP contribution >= 0.6 is 11.8 Å². The second-order valence-electron chi connectivity index (χ2n) is 6.45. The van der Waals surface area contributed by atoms with E-state index >= 15 is 0 Å². The maximum Gasteiger partial charge on any atom is 0.270 e. The molecule has 1 fully saturated rings. The molecule has 0 atom stereocenters. The highest BCUT2D eigenvalue weighted by Gasteiger charge is 2.33. The van der Waals surface area contributed by atoms with E-state index < -0.39 is 0 Å². The van der Waals surface area contributed by atoms with Gasteiger partial charge >= 0.3 is 0 Å². The second-order valence-corrected chi connectivity index (χ2v) is 7.82. The Bertz CT molecular complexity index is 640. The van der Waals surface area contributed by atoms with Crippen LogP contribution in [0.15, 0.2) is 29.2 Å². The molecule has 1 saturated heterocycles. The minimum absolute atomic E-state index is 0.249. The average molecular weight is 417 g/mol. The van der Waals surface area contributed by atoms with E-state index in [1.807, 2.05) is 23.9 Å². The number of nitriles is 1. The van der Waals surface area contributed by atoms with Crippen LogP contribution < -0.4 is 4.74 Å².